The summed E-state index contributed by atoms with van der Waals surface area (Å²) in [4.78, 5) is 34.6. The molecule has 7 nitrogen and oxygen atoms in total. The second kappa shape index (κ2) is 6.92. The minimum Gasteiger partial charge on any atom is -0.452 e. The summed E-state index contributed by atoms with van der Waals surface area (Å²) in [5, 5.41) is 0. The van der Waals surface area contributed by atoms with Gasteiger partial charge in [0.25, 0.3) is 5.91 Å². The Balaban J connectivity index is 1.67. The van der Waals surface area contributed by atoms with Crippen molar-refractivity contribution in [2.24, 2.45) is 0 Å². The number of amides is 1. The van der Waals surface area contributed by atoms with Crippen molar-refractivity contribution in [1.29, 1.82) is 0 Å². The van der Waals surface area contributed by atoms with Gasteiger partial charge in [-0.05, 0) is 32.0 Å². The second-order valence-corrected chi connectivity index (χ2v) is 5.67. The summed E-state index contributed by atoms with van der Waals surface area (Å²) in [7, 11) is 0. The third kappa shape index (κ3) is 3.51. The maximum Gasteiger partial charge on any atom is 0.338 e. The van der Waals surface area contributed by atoms with Crippen LogP contribution < -0.4 is 0 Å². The van der Waals surface area contributed by atoms with Gasteiger partial charge in [0.05, 0.1) is 41.2 Å². The van der Waals surface area contributed by atoms with Crippen LogP contribution in [-0.2, 0) is 14.3 Å². The average Bonchev–Trinajstić information content (AvgIpc) is 2.60. The number of hydrogen-bond acceptors (Lipinski definition) is 6. The molecule has 1 amide bonds. The lowest BCUT2D eigenvalue weighted by atomic mass is 10.2. The lowest BCUT2D eigenvalue weighted by Crippen LogP contribution is -2.42. The molecule has 126 valence electrons. The van der Waals surface area contributed by atoms with Crippen LogP contribution in [0.1, 0.15) is 21.7 Å². The third-order valence-corrected chi connectivity index (χ3v) is 4.00. The Labute approximate surface area is 139 Å². The van der Waals surface area contributed by atoms with E-state index in [-0.39, 0.29) is 12.5 Å². The van der Waals surface area contributed by atoms with E-state index in [2.05, 4.69) is 9.97 Å². The van der Waals surface area contributed by atoms with Gasteiger partial charge in [0, 0.05) is 13.1 Å². The number of rotatable bonds is 3. The molecule has 1 aliphatic rings. The maximum atomic E-state index is 12.2. The molecule has 24 heavy (non-hydrogen) atoms. The predicted molar refractivity (Wildman–Crippen MR) is 86.7 cm³/mol. The van der Waals surface area contributed by atoms with E-state index >= 15 is 0 Å². The summed E-state index contributed by atoms with van der Waals surface area (Å²) in [5.41, 5.74) is 3.38. The van der Waals surface area contributed by atoms with E-state index in [0.29, 0.717) is 37.4 Å². The molecule has 0 N–H and O–H groups in total. The Morgan fingerprint density at radius 2 is 1.79 bits per heavy atom. The van der Waals surface area contributed by atoms with Crippen molar-refractivity contribution in [3.05, 3.63) is 35.2 Å². The first-order valence-corrected chi connectivity index (χ1v) is 7.82. The first kappa shape index (κ1) is 16.3. The molecule has 0 saturated carbocycles. The molecule has 2 heterocycles. The highest BCUT2D eigenvalue weighted by Gasteiger charge is 2.19. The molecule has 1 fully saturated rings. The number of fused-ring (bicyclic) bond motifs is 1. The number of benzene rings is 1. The quantitative estimate of drug-likeness (QED) is 0.789. The number of carbonyl (C=O) groups is 2. The molecule has 0 bridgehead atoms. The average molecular weight is 329 g/mol. The monoisotopic (exact) mass is 329 g/mol. The van der Waals surface area contributed by atoms with Crippen LogP contribution in [0.15, 0.2) is 18.2 Å². The number of aryl methyl sites for hydroxylation is 2. The molecule has 0 spiro atoms. The molecule has 1 aliphatic heterocycles. The van der Waals surface area contributed by atoms with Crippen molar-refractivity contribution < 1.29 is 19.1 Å². The maximum absolute atomic E-state index is 12.2. The van der Waals surface area contributed by atoms with Crippen LogP contribution in [-0.4, -0.2) is 59.7 Å². The Kier molecular flexibility index (Phi) is 4.71. The van der Waals surface area contributed by atoms with Gasteiger partial charge in [0.15, 0.2) is 6.61 Å². The van der Waals surface area contributed by atoms with Crippen molar-refractivity contribution in [2.45, 2.75) is 13.8 Å². The van der Waals surface area contributed by atoms with Gasteiger partial charge >= 0.3 is 5.97 Å². The van der Waals surface area contributed by atoms with Crippen molar-refractivity contribution in [3.8, 4) is 0 Å². The molecular formula is C17H19N3O4. The fraction of sp³-hybridized carbons (Fsp3) is 0.412. The molecule has 0 aliphatic carbocycles. The van der Waals surface area contributed by atoms with E-state index < -0.39 is 5.97 Å². The first-order valence-electron chi connectivity index (χ1n) is 7.82. The Morgan fingerprint density at radius 3 is 2.50 bits per heavy atom. The first-order chi connectivity index (χ1) is 11.5. The Morgan fingerprint density at radius 1 is 1.12 bits per heavy atom. The zero-order valence-electron chi connectivity index (χ0n) is 13.7. The molecule has 0 radical (unpaired) electrons. The summed E-state index contributed by atoms with van der Waals surface area (Å²) in [6.07, 6.45) is 0. The van der Waals surface area contributed by atoms with Gasteiger partial charge in [-0.1, -0.05) is 0 Å². The van der Waals surface area contributed by atoms with Gasteiger partial charge in [-0.2, -0.15) is 0 Å². The lowest BCUT2D eigenvalue weighted by molar-refractivity contribution is -0.138. The van der Waals surface area contributed by atoms with E-state index in [9.17, 15) is 9.59 Å². The van der Waals surface area contributed by atoms with Crippen LogP contribution in [0.3, 0.4) is 0 Å². The largest absolute Gasteiger partial charge is 0.452 e. The topological polar surface area (TPSA) is 81.6 Å². The van der Waals surface area contributed by atoms with E-state index in [1.807, 2.05) is 13.8 Å². The number of hydrogen-bond donors (Lipinski definition) is 0. The highest BCUT2D eigenvalue weighted by Crippen LogP contribution is 2.15. The smallest absolute Gasteiger partial charge is 0.338 e. The Bertz CT molecular complexity index is 785. The van der Waals surface area contributed by atoms with Gasteiger partial charge in [-0.25, -0.2) is 14.8 Å². The fourth-order valence-corrected chi connectivity index (χ4v) is 2.47. The SMILES string of the molecule is Cc1nc2ccc(C(=O)OCC(=O)N3CCOCC3)cc2nc1C. The molecule has 1 aromatic heterocycles. The van der Waals surface area contributed by atoms with Crippen LogP contribution >= 0.6 is 0 Å². The molecule has 1 saturated heterocycles. The minimum absolute atomic E-state index is 0.210. The number of aromatic nitrogens is 2. The molecule has 2 aromatic rings. The van der Waals surface area contributed by atoms with Gasteiger partial charge in [0.1, 0.15) is 0 Å². The summed E-state index contributed by atoms with van der Waals surface area (Å²) in [5.74, 6) is -0.753. The highest BCUT2D eigenvalue weighted by atomic mass is 16.5. The number of ether oxygens (including phenoxy) is 2. The van der Waals surface area contributed by atoms with Crippen LogP contribution in [0.25, 0.3) is 11.0 Å². The Hall–Kier alpha value is -2.54. The van der Waals surface area contributed by atoms with Gasteiger partial charge in [-0.3, -0.25) is 4.79 Å². The van der Waals surface area contributed by atoms with E-state index in [0.717, 1.165) is 16.9 Å². The third-order valence-electron chi connectivity index (χ3n) is 4.00. The van der Waals surface area contributed by atoms with Gasteiger partial charge < -0.3 is 14.4 Å². The highest BCUT2D eigenvalue weighted by molar-refractivity contribution is 5.94. The normalized spacial score (nSPS) is 14.7. The second-order valence-electron chi connectivity index (χ2n) is 5.67. The minimum atomic E-state index is -0.543. The van der Waals surface area contributed by atoms with Crippen molar-refractivity contribution in [2.75, 3.05) is 32.9 Å². The summed E-state index contributed by atoms with van der Waals surface area (Å²) >= 11 is 0. The number of morpholine rings is 1. The van der Waals surface area contributed by atoms with Crippen LogP contribution in [0.4, 0.5) is 0 Å². The molecular weight excluding hydrogens is 310 g/mol. The standard InChI is InChI=1S/C17H19N3O4/c1-11-12(2)19-15-9-13(3-4-14(15)18-11)17(22)24-10-16(21)20-5-7-23-8-6-20/h3-4,9H,5-8,10H2,1-2H3. The number of carbonyl (C=O) groups excluding carboxylic acids is 2. The van der Waals surface area contributed by atoms with Crippen LogP contribution in [0.5, 0.6) is 0 Å². The van der Waals surface area contributed by atoms with Gasteiger partial charge in [-0.15, -0.1) is 0 Å². The van der Waals surface area contributed by atoms with E-state index in [1.54, 1.807) is 23.1 Å². The van der Waals surface area contributed by atoms with Gasteiger partial charge in [0.2, 0.25) is 0 Å². The molecule has 1 aromatic carbocycles. The number of esters is 1. The molecule has 0 atom stereocenters. The van der Waals surface area contributed by atoms with Crippen molar-refractivity contribution in [3.63, 3.8) is 0 Å². The lowest BCUT2D eigenvalue weighted by Gasteiger charge is -2.26. The summed E-state index contributed by atoms with van der Waals surface area (Å²) in [6, 6.07) is 5.00. The summed E-state index contributed by atoms with van der Waals surface area (Å²) < 4.78 is 10.3. The molecule has 3 rings (SSSR count). The number of nitrogens with zero attached hydrogens (tertiary/aromatic N) is 3. The van der Waals surface area contributed by atoms with E-state index in [1.165, 1.54) is 0 Å². The van der Waals surface area contributed by atoms with Crippen molar-refractivity contribution >= 4 is 22.9 Å². The van der Waals surface area contributed by atoms with E-state index in [4.69, 9.17) is 9.47 Å². The fourth-order valence-electron chi connectivity index (χ4n) is 2.47. The summed E-state index contributed by atoms with van der Waals surface area (Å²) in [6.45, 7) is 5.58. The van der Waals surface area contributed by atoms with Crippen LogP contribution in [0.2, 0.25) is 0 Å². The van der Waals surface area contributed by atoms with Crippen molar-refractivity contribution in [1.82, 2.24) is 14.9 Å². The molecule has 0 unspecified atom stereocenters. The van der Waals surface area contributed by atoms with Crippen LogP contribution in [0, 0.1) is 13.8 Å². The predicted octanol–water partition coefficient (Wildman–Crippen LogP) is 1.26. The zero-order chi connectivity index (χ0) is 17.1. The molecule has 7 heteroatoms. The zero-order valence-corrected chi connectivity index (χ0v) is 13.7.